The van der Waals surface area contributed by atoms with Crippen LogP contribution >= 0.6 is 11.6 Å². The Morgan fingerprint density at radius 3 is 2.23 bits per heavy atom. The number of alkyl halides is 3. The second kappa shape index (κ2) is 9.95. The summed E-state index contributed by atoms with van der Waals surface area (Å²) in [5.74, 6) is -1.28. The van der Waals surface area contributed by atoms with E-state index >= 15 is 0 Å². The number of carbonyl (C=O) groups excluding carboxylic acids is 2. The highest BCUT2D eigenvalue weighted by molar-refractivity contribution is 6.30. The van der Waals surface area contributed by atoms with Crippen LogP contribution in [0.5, 0.6) is 0 Å². The summed E-state index contributed by atoms with van der Waals surface area (Å²) in [6.45, 7) is 3.14. The first kappa shape index (κ1) is 26.0. The molecule has 0 saturated carbocycles. The van der Waals surface area contributed by atoms with Crippen LogP contribution in [0.3, 0.4) is 0 Å². The molecule has 6 nitrogen and oxygen atoms in total. The zero-order valence-electron chi connectivity index (χ0n) is 19.4. The van der Waals surface area contributed by atoms with Gasteiger partial charge in [-0.3, -0.25) is 19.0 Å². The largest absolute Gasteiger partial charge is 0.416 e. The second-order valence-corrected chi connectivity index (χ2v) is 8.63. The summed E-state index contributed by atoms with van der Waals surface area (Å²) in [4.78, 5) is 40.6. The van der Waals surface area contributed by atoms with Gasteiger partial charge in [0.25, 0.3) is 17.4 Å². The van der Waals surface area contributed by atoms with Gasteiger partial charge in [-0.25, -0.2) is 0 Å². The molecule has 2 aromatic carbocycles. The van der Waals surface area contributed by atoms with Crippen LogP contribution in [0.15, 0.2) is 59.4 Å². The molecule has 1 unspecified atom stereocenters. The van der Waals surface area contributed by atoms with Crippen LogP contribution in [0.25, 0.3) is 5.69 Å². The zero-order valence-corrected chi connectivity index (χ0v) is 20.2. The van der Waals surface area contributed by atoms with Gasteiger partial charge in [-0.1, -0.05) is 29.8 Å². The van der Waals surface area contributed by atoms with Crippen LogP contribution in [0.4, 0.5) is 13.2 Å². The number of nitrogens with zero attached hydrogens (tertiary/aromatic N) is 2. The zero-order chi connectivity index (χ0) is 26.1. The second-order valence-electron chi connectivity index (χ2n) is 8.19. The molecule has 1 aromatic heterocycles. The Hall–Kier alpha value is -3.59. The SMILES string of the molecule is Cc1c(C(=O)N(C)C)cc(C(=O)NC(C)c2ccc(Cl)cc2)c(=O)n1-c1cccc(C(F)(F)F)c1. The molecule has 0 aliphatic rings. The Kier molecular flexibility index (Phi) is 7.40. The molecular formula is C25H23ClF3N3O3. The van der Waals surface area contributed by atoms with Gasteiger partial charge in [0.2, 0.25) is 0 Å². The number of benzene rings is 2. The summed E-state index contributed by atoms with van der Waals surface area (Å²) in [6.07, 6.45) is -4.64. The number of carbonyl (C=O) groups is 2. The fourth-order valence-electron chi connectivity index (χ4n) is 3.57. The van der Waals surface area contributed by atoms with E-state index in [-0.39, 0.29) is 22.5 Å². The Morgan fingerprint density at radius 1 is 1.03 bits per heavy atom. The molecule has 35 heavy (non-hydrogen) atoms. The quantitative estimate of drug-likeness (QED) is 0.530. The minimum atomic E-state index is -4.64. The molecule has 0 fully saturated rings. The van der Waals surface area contributed by atoms with Crippen molar-refractivity contribution >= 4 is 23.4 Å². The molecule has 0 radical (unpaired) electrons. The van der Waals surface area contributed by atoms with E-state index in [9.17, 15) is 27.6 Å². The van der Waals surface area contributed by atoms with Crippen molar-refractivity contribution in [1.29, 1.82) is 0 Å². The van der Waals surface area contributed by atoms with Gasteiger partial charge in [0, 0.05) is 30.5 Å². The minimum Gasteiger partial charge on any atom is -0.345 e. The van der Waals surface area contributed by atoms with E-state index in [1.165, 1.54) is 38.1 Å². The number of pyridine rings is 1. The van der Waals surface area contributed by atoms with Crippen LogP contribution in [0.2, 0.25) is 5.02 Å². The average Bonchev–Trinajstić information content (AvgIpc) is 2.78. The summed E-state index contributed by atoms with van der Waals surface area (Å²) in [6, 6.07) is 11.5. The first-order valence-corrected chi connectivity index (χ1v) is 10.9. The summed E-state index contributed by atoms with van der Waals surface area (Å²) in [7, 11) is 2.98. The van der Waals surface area contributed by atoms with Gasteiger partial charge < -0.3 is 10.2 Å². The lowest BCUT2D eigenvalue weighted by atomic mass is 10.1. The van der Waals surface area contributed by atoms with Gasteiger partial charge in [-0.2, -0.15) is 13.2 Å². The normalized spacial score (nSPS) is 12.2. The molecule has 0 aliphatic heterocycles. The number of rotatable bonds is 5. The minimum absolute atomic E-state index is 0.0105. The molecule has 0 saturated heterocycles. The van der Waals surface area contributed by atoms with E-state index in [0.717, 1.165) is 28.3 Å². The van der Waals surface area contributed by atoms with Crippen molar-refractivity contribution < 1.29 is 22.8 Å². The van der Waals surface area contributed by atoms with E-state index in [4.69, 9.17) is 11.6 Å². The molecule has 2 amide bonds. The summed E-state index contributed by atoms with van der Waals surface area (Å²) >= 11 is 5.90. The van der Waals surface area contributed by atoms with Crippen LogP contribution in [-0.4, -0.2) is 35.4 Å². The predicted molar refractivity (Wildman–Crippen MR) is 127 cm³/mol. The molecule has 1 heterocycles. The van der Waals surface area contributed by atoms with Gasteiger partial charge in [-0.15, -0.1) is 0 Å². The smallest absolute Gasteiger partial charge is 0.345 e. The molecule has 0 spiro atoms. The number of hydrogen-bond acceptors (Lipinski definition) is 3. The number of hydrogen-bond donors (Lipinski definition) is 1. The molecule has 0 bridgehead atoms. The maximum Gasteiger partial charge on any atom is 0.416 e. The first-order chi connectivity index (χ1) is 16.3. The van der Waals surface area contributed by atoms with E-state index in [1.807, 2.05) is 0 Å². The Bertz CT molecular complexity index is 1330. The molecule has 3 aromatic rings. The van der Waals surface area contributed by atoms with Crippen LogP contribution in [0.1, 0.15) is 50.5 Å². The highest BCUT2D eigenvalue weighted by atomic mass is 35.5. The lowest BCUT2D eigenvalue weighted by Gasteiger charge is -2.20. The third kappa shape index (κ3) is 5.57. The fraction of sp³-hybridized carbons (Fsp3) is 0.240. The Labute approximate surface area is 204 Å². The van der Waals surface area contributed by atoms with E-state index < -0.39 is 35.2 Å². The van der Waals surface area contributed by atoms with Gasteiger partial charge in [-0.05, 0) is 55.8 Å². The monoisotopic (exact) mass is 505 g/mol. The lowest BCUT2D eigenvalue weighted by molar-refractivity contribution is -0.137. The van der Waals surface area contributed by atoms with Crippen LogP contribution in [0, 0.1) is 6.92 Å². The maximum atomic E-state index is 13.4. The number of nitrogens with one attached hydrogen (secondary N) is 1. The van der Waals surface area contributed by atoms with Crippen molar-refractivity contribution in [3.05, 3.63) is 97.9 Å². The molecule has 10 heteroatoms. The van der Waals surface area contributed by atoms with Crippen molar-refractivity contribution in [3.63, 3.8) is 0 Å². The van der Waals surface area contributed by atoms with Crippen molar-refractivity contribution in [1.82, 2.24) is 14.8 Å². The van der Waals surface area contributed by atoms with Crippen LogP contribution in [-0.2, 0) is 6.18 Å². The third-order valence-corrected chi connectivity index (χ3v) is 5.73. The number of amides is 2. The van der Waals surface area contributed by atoms with E-state index in [1.54, 1.807) is 31.2 Å². The molecule has 1 N–H and O–H groups in total. The van der Waals surface area contributed by atoms with Crippen molar-refractivity contribution in [2.45, 2.75) is 26.1 Å². The highest BCUT2D eigenvalue weighted by Gasteiger charge is 2.31. The first-order valence-electron chi connectivity index (χ1n) is 10.5. The predicted octanol–water partition coefficient (Wildman–Crippen LogP) is 5.01. The van der Waals surface area contributed by atoms with E-state index in [0.29, 0.717) is 5.02 Å². The summed E-state index contributed by atoms with van der Waals surface area (Å²) in [5.41, 5.74) is -1.47. The van der Waals surface area contributed by atoms with Gasteiger partial charge >= 0.3 is 6.18 Å². The topological polar surface area (TPSA) is 71.4 Å². The van der Waals surface area contributed by atoms with E-state index in [2.05, 4.69) is 5.32 Å². The van der Waals surface area contributed by atoms with Crippen molar-refractivity contribution in [2.75, 3.05) is 14.1 Å². The fourth-order valence-corrected chi connectivity index (χ4v) is 3.69. The lowest BCUT2D eigenvalue weighted by Crippen LogP contribution is -2.36. The van der Waals surface area contributed by atoms with Gasteiger partial charge in [0.05, 0.1) is 17.2 Å². The van der Waals surface area contributed by atoms with Crippen LogP contribution < -0.4 is 10.9 Å². The van der Waals surface area contributed by atoms with Crippen molar-refractivity contribution in [2.24, 2.45) is 0 Å². The highest BCUT2D eigenvalue weighted by Crippen LogP contribution is 2.30. The number of halogens is 4. The summed E-state index contributed by atoms with van der Waals surface area (Å²) in [5, 5.41) is 3.22. The molecule has 184 valence electrons. The van der Waals surface area contributed by atoms with Crippen molar-refractivity contribution in [3.8, 4) is 5.69 Å². The third-order valence-electron chi connectivity index (χ3n) is 5.48. The Balaban J connectivity index is 2.16. The Morgan fingerprint density at radius 2 is 1.66 bits per heavy atom. The molecule has 1 atom stereocenters. The van der Waals surface area contributed by atoms with Gasteiger partial charge in [0.1, 0.15) is 5.56 Å². The molecular weight excluding hydrogens is 483 g/mol. The average molecular weight is 506 g/mol. The van der Waals surface area contributed by atoms with Gasteiger partial charge in [0.15, 0.2) is 0 Å². The number of aromatic nitrogens is 1. The maximum absolute atomic E-state index is 13.4. The standard InChI is InChI=1S/C25H23ClF3N3O3/c1-14(16-8-10-18(26)11-9-16)30-22(33)21-13-20(23(34)31(3)4)15(2)32(24(21)35)19-7-5-6-17(12-19)25(27,28)29/h5-14H,1-4H3,(H,30,33). The molecule has 3 rings (SSSR count). The molecule has 0 aliphatic carbocycles. The summed E-state index contributed by atoms with van der Waals surface area (Å²) < 4.78 is 40.9.